The van der Waals surface area contributed by atoms with Gasteiger partial charge < -0.3 is 14.6 Å². The highest BCUT2D eigenvalue weighted by Crippen LogP contribution is 2.23. The monoisotopic (exact) mass is 327 g/mol. The molecule has 0 unspecified atom stereocenters. The second-order valence-corrected chi connectivity index (χ2v) is 6.07. The van der Waals surface area contributed by atoms with Crippen LogP contribution in [0, 0.1) is 0 Å². The summed E-state index contributed by atoms with van der Waals surface area (Å²) in [5.41, 5.74) is 1.06. The standard InChI is InChI=1S/C18H21N3O3/c1-21-9-7-14(11-17(21)22)18(23)20-12-13-6-8-19-16(10-13)24-15-4-2-3-5-15/h6-11,15H,2-5,12H2,1H3,(H,20,23). The summed E-state index contributed by atoms with van der Waals surface area (Å²) < 4.78 is 7.29. The predicted octanol–water partition coefficient (Wildman–Crippen LogP) is 2.03. The first-order chi connectivity index (χ1) is 11.6. The van der Waals surface area contributed by atoms with Crippen molar-refractivity contribution in [3.63, 3.8) is 0 Å². The Kier molecular flexibility index (Phi) is 4.93. The molecule has 0 radical (unpaired) electrons. The number of ether oxygens (including phenoxy) is 1. The van der Waals surface area contributed by atoms with E-state index in [0.717, 1.165) is 18.4 Å². The van der Waals surface area contributed by atoms with E-state index in [1.54, 1.807) is 25.5 Å². The third-order valence-corrected chi connectivity index (χ3v) is 4.21. The van der Waals surface area contributed by atoms with Gasteiger partial charge in [0.15, 0.2) is 0 Å². The van der Waals surface area contributed by atoms with E-state index in [1.165, 1.54) is 23.5 Å². The fourth-order valence-electron chi connectivity index (χ4n) is 2.78. The second-order valence-electron chi connectivity index (χ2n) is 6.07. The van der Waals surface area contributed by atoms with Crippen molar-refractivity contribution in [1.82, 2.24) is 14.9 Å². The molecule has 2 aromatic rings. The Balaban J connectivity index is 1.60. The summed E-state index contributed by atoms with van der Waals surface area (Å²) in [6.45, 7) is 0.359. The van der Waals surface area contributed by atoms with Gasteiger partial charge in [0.05, 0.1) is 0 Å². The maximum Gasteiger partial charge on any atom is 0.251 e. The summed E-state index contributed by atoms with van der Waals surface area (Å²) in [7, 11) is 1.65. The fraction of sp³-hybridized carbons (Fsp3) is 0.389. The molecule has 126 valence electrons. The van der Waals surface area contributed by atoms with E-state index in [2.05, 4.69) is 10.3 Å². The van der Waals surface area contributed by atoms with Crippen molar-refractivity contribution in [1.29, 1.82) is 0 Å². The highest BCUT2D eigenvalue weighted by molar-refractivity contribution is 5.93. The van der Waals surface area contributed by atoms with Crippen LogP contribution in [-0.2, 0) is 13.6 Å². The zero-order chi connectivity index (χ0) is 16.9. The molecule has 1 fully saturated rings. The number of nitrogens with one attached hydrogen (secondary N) is 1. The summed E-state index contributed by atoms with van der Waals surface area (Å²) in [5, 5.41) is 2.81. The molecule has 3 rings (SSSR count). The number of aryl methyl sites for hydroxylation is 1. The van der Waals surface area contributed by atoms with E-state index in [-0.39, 0.29) is 17.6 Å². The van der Waals surface area contributed by atoms with Crippen molar-refractivity contribution < 1.29 is 9.53 Å². The number of carbonyl (C=O) groups is 1. The number of aromatic nitrogens is 2. The maximum atomic E-state index is 12.1. The lowest BCUT2D eigenvalue weighted by Gasteiger charge is -2.13. The number of pyridine rings is 2. The highest BCUT2D eigenvalue weighted by Gasteiger charge is 2.17. The number of hydrogen-bond donors (Lipinski definition) is 1. The van der Waals surface area contributed by atoms with Gasteiger partial charge in [-0.05, 0) is 43.4 Å². The first-order valence-electron chi connectivity index (χ1n) is 8.18. The summed E-state index contributed by atoms with van der Waals surface area (Å²) >= 11 is 0. The molecular weight excluding hydrogens is 306 g/mol. The summed E-state index contributed by atoms with van der Waals surface area (Å²) in [6, 6.07) is 6.64. The molecule has 1 aliphatic rings. The normalized spacial score (nSPS) is 14.5. The van der Waals surface area contributed by atoms with Gasteiger partial charge in [0.1, 0.15) is 6.10 Å². The van der Waals surface area contributed by atoms with Crippen LogP contribution < -0.4 is 15.6 Å². The van der Waals surface area contributed by atoms with Crippen LogP contribution in [0.2, 0.25) is 0 Å². The van der Waals surface area contributed by atoms with E-state index >= 15 is 0 Å². The van der Waals surface area contributed by atoms with Gasteiger partial charge in [-0.15, -0.1) is 0 Å². The number of amides is 1. The van der Waals surface area contributed by atoms with E-state index < -0.39 is 0 Å². The lowest BCUT2D eigenvalue weighted by Crippen LogP contribution is -2.25. The van der Waals surface area contributed by atoms with Crippen LogP contribution in [0.5, 0.6) is 5.88 Å². The molecule has 0 saturated heterocycles. The molecule has 2 heterocycles. The van der Waals surface area contributed by atoms with Gasteiger partial charge in [0, 0.05) is 43.7 Å². The van der Waals surface area contributed by atoms with E-state index in [1.807, 2.05) is 12.1 Å². The molecule has 1 amide bonds. The van der Waals surface area contributed by atoms with Crippen molar-refractivity contribution in [3.8, 4) is 5.88 Å². The first kappa shape index (κ1) is 16.2. The van der Waals surface area contributed by atoms with Gasteiger partial charge in [0.25, 0.3) is 11.5 Å². The lowest BCUT2D eigenvalue weighted by atomic mass is 10.2. The predicted molar refractivity (Wildman–Crippen MR) is 90.0 cm³/mol. The van der Waals surface area contributed by atoms with Crippen LogP contribution in [0.15, 0.2) is 41.5 Å². The fourth-order valence-corrected chi connectivity index (χ4v) is 2.78. The molecule has 1 saturated carbocycles. The maximum absolute atomic E-state index is 12.1. The van der Waals surface area contributed by atoms with Gasteiger partial charge in [-0.2, -0.15) is 0 Å². The zero-order valence-electron chi connectivity index (χ0n) is 13.7. The largest absolute Gasteiger partial charge is 0.474 e. The Hall–Kier alpha value is -2.63. The van der Waals surface area contributed by atoms with E-state index in [9.17, 15) is 9.59 Å². The van der Waals surface area contributed by atoms with Gasteiger partial charge in [-0.25, -0.2) is 4.98 Å². The molecule has 6 heteroatoms. The van der Waals surface area contributed by atoms with Crippen molar-refractivity contribution in [2.45, 2.75) is 38.3 Å². The molecule has 1 N–H and O–H groups in total. The van der Waals surface area contributed by atoms with Gasteiger partial charge in [-0.1, -0.05) is 0 Å². The van der Waals surface area contributed by atoms with Crippen LogP contribution >= 0.6 is 0 Å². The third kappa shape index (κ3) is 4.01. The molecule has 0 bridgehead atoms. The molecule has 24 heavy (non-hydrogen) atoms. The van der Waals surface area contributed by atoms with Gasteiger partial charge in [-0.3, -0.25) is 9.59 Å². The van der Waals surface area contributed by atoms with E-state index in [0.29, 0.717) is 18.0 Å². The summed E-state index contributed by atoms with van der Waals surface area (Å²) in [6.07, 6.45) is 8.08. The summed E-state index contributed by atoms with van der Waals surface area (Å²) in [5.74, 6) is 0.324. The lowest BCUT2D eigenvalue weighted by molar-refractivity contribution is 0.0950. The zero-order valence-corrected chi connectivity index (χ0v) is 13.7. The smallest absolute Gasteiger partial charge is 0.251 e. The minimum absolute atomic E-state index is 0.209. The van der Waals surface area contributed by atoms with Crippen LogP contribution in [-0.4, -0.2) is 21.6 Å². The summed E-state index contributed by atoms with van der Waals surface area (Å²) in [4.78, 5) is 28.0. The van der Waals surface area contributed by atoms with Gasteiger partial charge in [0.2, 0.25) is 5.88 Å². The number of nitrogens with zero attached hydrogens (tertiary/aromatic N) is 2. The topological polar surface area (TPSA) is 73.2 Å². The number of hydrogen-bond acceptors (Lipinski definition) is 4. The number of rotatable bonds is 5. The third-order valence-electron chi connectivity index (χ3n) is 4.21. The molecule has 0 atom stereocenters. The van der Waals surface area contributed by atoms with Crippen molar-refractivity contribution in [2.24, 2.45) is 7.05 Å². The molecular formula is C18H21N3O3. The Labute approximate surface area is 140 Å². The minimum Gasteiger partial charge on any atom is -0.474 e. The second kappa shape index (κ2) is 7.29. The molecule has 6 nitrogen and oxygen atoms in total. The Morgan fingerprint density at radius 1 is 1.33 bits per heavy atom. The minimum atomic E-state index is -0.275. The van der Waals surface area contributed by atoms with E-state index in [4.69, 9.17) is 4.74 Å². The highest BCUT2D eigenvalue weighted by atomic mass is 16.5. The van der Waals surface area contributed by atoms with Crippen LogP contribution in [0.4, 0.5) is 0 Å². The molecule has 0 spiro atoms. The van der Waals surface area contributed by atoms with Crippen LogP contribution in [0.3, 0.4) is 0 Å². The average Bonchev–Trinajstić information content (AvgIpc) is 3.08. The number of carbonyl (C=O) groups excluding carboxylic acids is 1. The molecule has 0 aromatic carbocycles. The van der Waals surface area contributed by atoms with Crippen molar-refractivity contribution >= 4 is 5.91 Å². The van der Waals surface area contributed by atoms with Crippen LogP contribution in [0.25, 0.3) is 0 Å². The average molecular weight is 327 g/mol. The molecule has 2 aromatic heterocycles. The van der Waals surface area contributed by atoms with Crippen LogP contribution in [0.1, 0.15) is 41.6 Å². The SMILES string of the molecule is Cn1ccc(C(=O)NCc2ccnc(OC3CCCC3)c2)cc1=O. The Morgan fingerprint density at radius 2 is 2.12 bits per heavy atom. The van der Waals surface area contributed by atoms with Crippen molar-refractivity contribution in [2.75, 3.05) is 0 Å². The first-order valence-corrected chi connectivity index (χ1v) is 8.18. The Morgan fingerprint density at radius 3 is 2.88 bits per heavy atom. The van der Waals surface area contributed by atoms with Gasteiger partial charge >= 0.3 is 0 Å². The quantitative estimate of drug-likeness (QED) is 0.912. The Bertz CT molecular complexity index is 779. The molecule has 1 aliphatic carbocycles. The molecule has 0 aliphatic heterocycles. The van der Waals surface area contributed by atoms with Crippen molar-refractivity contribution in [3.05, 3.63) is 58.1 Å².